The number of fused-ring (bicyclic) bond motifs is 1. The van der Waals surface area contributed by atoms with Gasteiger partial charge in [-0.25, -0.2) is 4.68 Å². The highest BCUT2D eigenvalue weighted by molar-refractivity contribution is 5.88. The lowest BCUT2D eigenvalue weighted by molar-refractivity contribution is -0.131. The first kappa shape index (κ1) is 14.0. The van der Waals surface area contributed by atoms with Crippen molar-refractivity contribution in [2.75, 3.05) is 13.1 Å². The smallest absolute Gasteiger partial charge is 0.227 e. The molecule has 23 heavy (non-hydrogen) atoms. The second-order valence-electron chi connectivity index (χ2n) is 6.03. The molecule has 6 heteroatoms. The lowest BCUT2D eigenvalue weighted by atomic mass is 10.0. The van der Waals surface area contributed by atoms with Crippen LogP contribution in [0.15, 0.2) is 42.9 Å². The summed E-state index contributed by atoms with van der Waals surface area (Å²) in [4.78, 5) is 17.8. The highest BCUT2D eigenvalue weighted by Crippen LogP contribution is 2.23. The lowest BCUT2D eigenvalue weighted by Gasteiger charge is -2.31. The normalized spacial score (nSPS) is 16.1. The first-order valence-electron chi connectivity index (χ1n) is 8.00. The van der Waals surface area contributed by atoms with E-state index in [1.807, 2.05) is 40.2 Å². The molecule has 3 aromatic rings. The molecule has 1 saturated heterocycles. The molecule has 6 nitrogen and oxygen atoms in total. The van der Waals surface area contributed by atoms with E-state index in [2.05, 4.69) is 21.4 Å². The summed E-state index contributed by atoms with van der Waals surface area (Å²) in [5, 5.41) is 9.06. The van der Waals surface area contributed by atoms with Crippen molar-refractivity contribution >= 4 is 16.8 Å². The molecule has 0 saturated carbocycles. The summed E-state index contributed by atoms with van der Waals surface area (Å²) in [5.41, 5.74) is 2.16. The zero-order valence-electron chi connectivity index (χ0n) is 12.9. The maximum atomic E-state index is 12.6. The van der Waals surface area contributed by atoms with Crippen LogP contribution in [-0.4, -0.2) is 43.9 Å². The van der Waals surface area contributed by atoms with Crippen molar-refractivity contribution in [3.8, 4) is 0 Å². The Morgan fingerprint density at radius 3 is 2.87 bits per heavy atom. The van der Waals surface area contributed by atoms with Crippen LogP contribution in [0.2, 0.25) is 0 Å². The predicted octanol–water partition coefficient (Wildman–Crippen LogP) is 2.17. The molecule has 1 aliphatic rings. The van der Waals surface area contributed by atoms with Crippen LogP contribution in [0.5, 0.6) is 0 Å². The van der Waals surface area contributed by atoms with Crippen LogP contribution in [0.3, 0.4) is 0 Å². The summed E-state index contributed by atoms with van der Waals surface area (Å²) in [6.07, 6.45) is 7.87. The maximum Gasteiger partial charge on any atom is 0.227 e. The van der Waals surface area contributed by atoms with Crippen LogP contribution in [0.4, 0.5) is 0 Å². The second kappa shape index (κ2) is 5.87. The highest BCUT2D eigenvalue weighted by atomic mass is 16.2. The number of hydrogen-bond donors (Lipinski definition) is 1. The van der Waals surface area contributed by atoms with Crippen LogP contribution < -0.4 is 0 Å². The minimum absolute atomic E-state index is 0.201. The van der Waals surface area contributed by atoms with Crippen molar-refractivity contribution in [2.45, 2.75) is 25.3 Å². The van der Waals surface area contributed by atoms with Gasteiger partial charge in [-0.2, -0.15) is 0 Å². The fourth-order valence-electron chi connectivity index (χ4n) is 3.34. The Hall–Kier alpha value is -2.63. The summed E-state index contributed by atoms with van der Waals surface area (Å²) in [6.45, 7) is 1.57. The van der Waals surface area contributed by atoms with Gasteiger partial charge in [0, 0.05) is 36.4 Å². The minimum atomic E-state index is 0.201. The van der Waals surface area contributed by atoms with Gasteiger partial charge in [0.2, 0.25) is 5.91 Å². The minimum Gasteiger partial charge on any atom is -0.361 e. The number of carbonyl (C=O) groups is 1. The fourth-order valence-corrected chi connectivity index (χ4v) is 3.34. The third-order valence-corrected chi connectivity index (χ3v) is 4.65. The number of piperidine rings is 1. The molecule has 4 rings (SSSR count). The number of H-pyrrole nitrogens is 1. The number of hydrogen-bond acceptors (Lipinski definition) is 3. The Morgan fingerprint density at radius 2 is 2.09 bits per heavy atom. The van der Waals surface area contributed by atoms with Gasteiger partial charge in [-0.1, -0.05) is 23.4 Å². The van der Waals surface area contributed by atoms with E-state index in [1.165, 1.54) is 0 Å². The summed E-state index contributed by atoms with van der Waals surface area (Å²) < 4.78 is 1.90. The number of rotatable bonds is 3. The number of para-hydroxylation sites is 1. The Labute approximate surface area is 134 Å². The number of nitrogens with one attached hydrogen (secondary N) is 1. The summed E-state index contributed by atoms with van der Waals surface area (Å²) in [7, 11) is 0. The molecule has 0 bridgehead atoms. The van der Waals surface area contributed by atoms with Crippen LogP contribution in [0, 0.1) is 0 Å². The molecule has 2 aromatic heterocycles. The van der Waals surface area contributed by atoms with Crippen LogP contribution in [0.25, 0.3) is 10.9 Å². The van der Waals surface area contributed by atoms with Gasteiger partial charge in [-0.05, 0) is 24.5 Å². The molecule has 1 amide bonds. The van der Waals surface area contributed by atoms with Crippen LogP contribution in [0.1, 0.15) is 24.4 Å². The van der Waals surface area contributed by atoms with E-state index in [9.17, 15) is 4.79 Å². The summed E-state index contributed by atoms with van der Waals surface area (Å²) in [6, 6.07) is 8.46. The number of benzene rings is 1. The van der Waals surface area contributed by atoms with Crippen molar-refractivity contribution < 1.29 is 4.79 Å². The van der Waals surface area contributed by atoms with Crippen molar-refractivity contribution in [3.05, 3.63) is 48.4 Å². The average Bonchev–Trinajstić information content (AvgIpc) is 3.25. The van der Waals surface area contributed by atoms with Gasteiger partial charge < -0.3 is 9.88 Å². The number of aromatic amines is 1. The van der Waals surface area contributed by atoms with Gasteiger partial charge in [-0.15, -0.1) is 5.10 Å². The van der Waals surface area contributed by atoms with Crippen molar-refractivity contribution in [1.82, 2.24) is 24.9 Å². The molecular formula is C17H19N5O. The first-order valence-corrected chi connectivity index (χ1v) is 8.00. The summed E-state index contributed by atoms with van der Waals surface area (Å²) in [5.74, 6) is 0.201. The van der Waals surface area contributed by atoms with E-state index in [1.54, 1.807) is 6.20 Å². The SMILES string of the molecule is O=C(Cc1c[nH]c2ccccc12)N1CCC(n2ccnn2)CC1. The van der Waals surface area contributed by atoms with Crippen LogP contribution in [-0.2, 0) is 11.2 Å². The number of carbonyl (C=O) groups excluding carboxylic acids is 1. The van der Waals surface area contributed by atoms with Crippen LogP contribution >= 0.6 is 0 Å². The molecule has 3 heterocycles. The van der Waals surface area contributed by atoms with E-state index < -0.39 is 0 Å². The van der Waals surface area contributed by atoms with E-state index >= 15 is 0 Å². The molecule has 1 fully saturated rings. The van der Waals surface area contributed by atoms with Gasteiger partial charge in [0.25, 0.3) is 0 Å². The van der Waals surface area contributed by atoms with Gasteiger partial charge in [0.05, 0.1) is 18.7 Å². The Bertz CT molecular complexity index is 799. The van der Waals surface area contributed by atoms with E-state index in [-0.39, 0.29) is 5.91 Å². The third kappa shape index (κ3) is 2.72. The van der Waals surface area contributed by atoms with E-state index in [4.69, 9.17) is 0 Å². The molecule has 0 atom stereocenters. The van der Waals surface area contributed by atoms with Gasteiger partial charge in [0.15, 0.2) is 0 Å². The highest BCUT2D eigenvalue weighted by Gasteiger charge is 2.24. The molecule has 1 aliphatic heterocycles. The standard InChI is InChI=1S/C17H19N5O/c23-17(11-13-12-18-16-4-2-1-3-15(13)16)21-8-5-14(6-9-21)22-10-7-19-20-22/h1-4,7,10,12,14,18H,5-6,8-9,11H2. The molecule has 0 unspecified atom stereocenters. The number of aromatic nitrogens is 4. The zero-order valence-corrected chi connectivity index (χ0v) is 12.9. The fraction of sp³-hybridized carbons (Fsp3) is 0.353. The largest absolute Gasteiger partial charge is 0.361 e. The Kier molecular flexibility index (Phi) is 3.57. The predicted molar refractivity (Wildman–Crippen MR) is 86.9 cm³/mol. The molecule has 1 N–H and O–H groups in total. The lowest BCUT2D eigenvalue weighted by Crippen LogP contribution is -2.39. The number of amides is 1. The van der Waals surface area contributed by atoms with Crippen molar-refractivity contribution in [1.29, 1.82) is 0 Å². The molecular weight excluding hydrogens is 290 g/mol. The first-order chi connectivity index (χ1) is 11.3. The van der Waals surface area contributed by atoms with E-state index in [0.717, 1.165) is 42.4 Å². The van der Waals surface area contributed by atoms with Gasteiger partial charge >= 0.3 is 0 Å². The maximum absolute atomic E-state index is 12.6. The Balaban J connectivity index is 1.40. The molecule has 118 valence electrons. The van der Waals surface area contributed by atoms with Gasteiger partial charge in [-0.3, -0.25) is 4.79 Å². The number of likely N-dealkylation sites (tertiary alicyclic amines) is 1. The molecule has 0 spiro atoms. The second-order valence-corrected chi connectivity index (χ2v) is 6.03. The van der Waals surface area contributed by atoms with Crippen molar-refractivity contribution in [2.24, 2.45) is 0 Å². The average molecular weight is 309 g/mol. The summed E-state index contributed by atoms with van der Waals surface area (Å²) >= 11 is 0. The Morgan fingerprint density at radius 1 is 1.26 bits per heavy atom. The van der Waals surface area contributed by atoms with Crippen molar-refractivity contribution in [3.63, 3.8) is 0 Å². The quantitative estimate of drug-likeness (QED) is 0.806. The third-order valence-electron chi connectivity index (χ3n) is 4.65. The number of nitrogens with zero attached hydrogens (tertiary/aromatic N) is 4. The topological polar surface area (TPSA) is 66.8 Å². The molecule has 0 radical (unpaired) electrons. The van der Waals surface area contributed by atoms with Gasteiger partial charge in [0.1, 0.15) is 0 Å². The van der Waals surface area contributed by atoms with E-state index in [0.29, 0.717) is 12.5 Å². The zero-order chi connectivity index (χ0) is 15.6. The monoisotopic (exact) mass is 309 g/mol. The molecule has 1 aromatic carbocycles. The molecule has 0 aliphatic carbocycles.